The summed E-state index contributed by atoms with van der Waals surface area (Å²) in [6.45, 7) is 4.90. The highest BCUT2D eigenvalue weighted by Crippen LogP contribution is 1.97. The summed E-state index contributed by atoms with van der Waals surface area (Å²) in [6, 6.07) is 0. The summed E-state index contributed by atoms with van der Waals surface area (Å²) in [5.41, 5.74) is 0. The second-order valence-corrected chi connectivity index (χ2v) is 2.57. The highest BCUT2D eigenvalue weighted by molar-refractivity contribution is 5.56. The van der Waals surface area contributed by atoms with Crippen molar-refractivity contribution in [2.75, 3.05) is 6.61 Å². The first-order valence-electron chi connectivity index (χ1n) is 4.08. The summed E-state index contributed by atoms with van der Waals surface area (Å²) in [6.07, 6.45) is 4.55. The Morgan fingerprint density at radius 1 is 1.64 bits per heavy atom. The van der Waals surface area contributed by atoms with E-state index in [1.54, 1.807) is 0 Å². The fourth-order valence-electron chi connectivity index (χ4n) is 0.692. The molecule has 0 aliphatic rings. The van der Waals surface area contributed by atoms with Crippen molar-refractivity contribution >= 4 is 6.21 Å². The second-order valence-electron chi connectivity index (χ2n) is 2.57. The third-order valence-electron chi connectivity index (χ3n) is 1.42. The topological polar surface area (TPSA) is 41.8 Å². The predicted molar refractivity (Wildman–Crippen MR) is 45.2 cm³/mol. The largest absolute Gasteiger partial charge is 0.411 e. The normalized spacial score (nSPS) is 14.0. The lowest BCUT2D eigenvalue weighted by molar-refractivity contribution is 0.0692. The molecule has 3 nitrogen and oxygen atoms in total. The van der Waals surface area contributed by atoms with E-state index >= 15 is 0 Å². The Morgan fingerprint density at radius 3 is 2.91 bits per heavy atom. The van der Waals surface area contributed by atoms with Gasteiger partial charge < -0.3 is 9.94 Å². The van der Waals surface area contributed by atoms with Gasteiger partial charge in [-0.15, -0.1) is 5.16 Å². The third-order valence-corrected chi connectivity index (χ3v) is 1.42. The molecular weight excluding hydrogens is 142 g/mol. The van der Waals surface area contributed by atoms with Crippen molar-refractivity contribution in [3.05, 3.63) is 0 Å². The van der Waals surface area contributed by atoms with Crippen LogP contribution >= 0.6 is 0 Å². The minimum atomic E-state index is 0.164. The summed E-state index contributed by atoms with van der Waals surface area (Å²) < 4.78 is 5.38. The molecule has 0 aliphatic heterocycles. The molecular formula is C8H17NO2. The Labute approximate surface area is 68.1 Å². The number of ether oxygens (including phenoxy) is 1. The number of hydrogen-bond acceptors (Lipinski definition) is 3. The molecule has 0 amide bonds. The van der Waals surface area contributed by atoms with E-state index in [0.29, 0.717) is 6.42 Å². The Bertz CT molecular complexity index is 104. The van der Waals surface area contributed by atoms with Gasteiger partial charge in [-0.2, -0.15) is 0 Å². The van der Waals surface area contributed by atoms with Gasteiger partial charge in [0.15, 0.2) is 0 Å². The van der Waals surface area contributed by atoms with E-state index in [9.17, 15) is 0 Å². The first kappa shape index (κ1) is 10.4. The van der Waals surface area contributed by atoms with Crippen LogP contribution in [0, 0.1) is 0 Å². The summed E-state index contributed by atoms with van der Waals surface area (Å²) in [4.78, 5) is 0. The second kappa shape index (κ2) is 7.54. The number of hydrogen-bond donors (Lipinski definition) is 1. The monoisotopic (exact) mass is 159 g/mol. The van der Waals surface area contributed by atoms with Gasteiger partial charge in [0.05, 0.1) is 6.10 Å². The molecule has 0 saturated carbocycles. The maximum atomic E-state index is 8.10. The van der Waals surface area contributed by atoms with Gasteiger partial charge in [0.25, 0.3) is 0 Å². The molecule has 1 N–H and O–H groups in total. The van der Waals surface area contributed by atoms with E-state index in [0.717, 1.165) is 19.4 Å². The molecule has 0 aromatic heterocycles. The molecule has 66 valence electrons. The molecule has 0 spiro atoms. The van der Waals surface area contributed by atoms with Crippen molar-refractivity contribution in [1.29, 1.82) is 0 Å². The van der Waals surface area contributed by atoms with Gasteiger partial charge in [0.1, 0.15) is 0 Å². The fourth-order valence-corrected chi connectivity index (χ4v) is 0.692. The molecule has 0 saturated heterocycles. The first-order valence-corrected chi connectivity index (χ1v) is 4.08. The van der Waals surface area contributed by atoms with Gasteiger partial charge in [0.2, 0.25) is 0 Å². The van der Waals surface area contributed by atoms with E-state index in [1.807, 2.05) is 6.92 Å². The van der Waals surface area contributed by atoms with E-state index in [2.05, 4.69) is 12.1 Å². The van der Waals surface area contributed by atoms with Crippen LogP contribution in [-0.4, -0.2) is 24.1 Å². The number of unbranched alkanes of at least 4 members (excludes halogenated alkanes) is 1. The molecule has 0 aromatic rings. The van der Waals surface area contributed by atoms with Crippen molar-refractivity contribution in [2.24, 2.45) is 5.16 Å². The van der Waals surface area contributed by atoms with Crippen LogP contribution in [0.4, 0.5) is 0 Å². The summed E-state index contributed by atoms with van der Waals surface area (Å²) in [7, 11) is 0. The van der Waals surface area contributed by atoms with Gasteiger partial charge in [-0.25, -0.2) is 0 Å². The minimum Gasteiger partial charge on any atom is -0.411 e. The molecule has 0 radical (unpaired) electrons. The van der Waals surface area contributed by atoms with Gasteiger partial charge in [0, 0.05) is 19.2 Å². The van der Waals surface area contributed by atoms with Crippen LogP contribution in [0.5, 0.6) is 0 Å². The lowest BCUT2D eigenvalue weighted by Gasteiger charge is -2.08. The lowest BCUT2D eigenvalue weighted by atomic mass is 10.3. The van der Waals surface area contributed by atoms with Crippen molar-refractivity contribution < 1.29 is 9.94 Å². The molecule has 0 aromatic carbocycles. The summed E-state index contributed by atoms with van der Waals surface area (Å²) in [5, 5.41) is 11.0. The minimum absolute atomic E-state index is 0.164. The highest BCUT2D eigenvalue weighted by atomic mass is 16.5. The Morgan fingerprint density at radius 2 is 2.36 bits per heavy atom. The Balaban J connectivity index is 3.15. The smallest absolute Gasteiger partial charge is 0.0597 e. The van der Waals surface area contributed by atoms with E-state index in [-0.39, 0.29) is 6.10 Å². The first-order chi connectivity index (χ1) is 5.31. The zero-order chi connectivity index (χ0) is 8.53. The van der Waals surface area contributed by atoms with Gasteiger partial charge in [-0.1, -0.05) is 13.3 Å². The van der Waals surface area contributed by atoms with Gasteiger partial charge >= 0.3 is 0 Å². The molecule has 0 fully saturated rings. The number of rotatable bonds is 6. The SMILES string of the molecule is CCCCOC(C)CC=NO. The average Bonchev–Trinajstić information content (AvgIpc) is 2.01. The van der Waals surface area contributed by atoms with Crippen molar-refractivity contribution in [2.45, 2.75) is 39.2 Å². The Kier molecular flexibility index (Phi) is 7.15. The highest BCUT2D eigenvalue weighted by Gasteiger charge is 1.98. The van der Waals surface area contributed by atoms with Crippen molar-refractivity contribution in [3.63, 3.8) is 0 Å². The molecule has 0 bridgehead atoms. The molecule has 11 heavy (non-hydrogen) atoms. The van der Waals surface area contributed by atoms with Crippen LogP contribution in [0.3, 0.4) is 0 Å². The predicted octanol–water partition coefficient (Wildman–Crippen LogP) is 2.04. The van der Waals surface area contributed by atoms with Gasteiger partial charge in [-0.05, 0) is 13.3 Å². The van der Waals surface area contributed by atoms with Gasteiger partial charge in [-0.3, -0.25) is 0 Å². The van der Waals surface area contributed by atoms with Crippen LogP contribution in [0.2, 0.25) is 0 Å². The fraction of sp³-hybridized carbons (Fsp3) is 0.875. The van der Waals surface area contributed by atoms with Crippen LogP contribution in [-0.2, 0) is 4.74 Å². The lowest BCUT2D eigenvalue weighted by Crippen LogP contribution is -2.09. The summed E-state index contributed by atoms with van der Waals surface area (Å²) in [5.74, 6) is 0. The molecule has 1 atom stereocenters. The average molecular weight is 159 g/mol. The van der Waals surface area contributed by atoms with Crippen molar-refractivity contribution in [1.82, 2.24) is 0 Å². The quantitative estimate of drug-likeness (QED) is 0.279. The van der Waals surface area contributed by atoms with Crippen LogP contribution < -0.4 is 0 Å². The number of nitrogens with zero attached hydrogens (tertiary/aromatic N) is 1. The van der Waals surface area contributed by atoms with E-state index in [1.165, 1.54) is 6.21 Å². The third kappa shape index (κ3) is 7.33. The van der Waals surface area contributed by atoms with Crippen LogP contribution in [0.25, 0.3) is 0 Å². The van der Waals surface area contributed by atoms with Crippen LogP contribution in [0.1, 0.15) is 33.1 Å². The number of oxime groups is 1. The van der Waals surface area contributed by atoms with Crippen molar-refractivity contribution in [3.8, 4) is 0 Å². The maximum Gasteiger partial charge on any atom is 0.0597 e. The molecule has 3 heteroatoms. The Hall–Kier alpha value is -0.570. The zero-order valence-corrected chi connectivity index (χ0v) is 7.29. The van der Waals surface area contributed by atoms with E-state index < -0.39 is 0 Å². The zero-order valence-electron chi connectivity index (χ0n) is 7.29. The maximum absolute atomic E-state index is 8.10. The molecule has 0 rings (SSSR count). The molecule has 0 heterocycles. The standard InChI is InChI=1S/C8H17NO2/c1-3-4-7-11-8(2)5-6-9-10/h6,8,10H,3-5,7H2,1-2H3. The summed E-state index contributed by atoms with van der Waals surface area (Å²) >= 11 is 0. The van der Waals surface area contributed by atoms with Crippen LogP contribution in [0.15, 0.2) is 5.16 Å². The molecule has 1 unspecified atom stereocenters. The van der Waals surface area contributed by atoms with E-state index in [4.69, 9.17) is 9.94 Å². The molecule has 0 aliphatic carbocycles.